The summed E-state index contributed by atoms with van der Waals surface area (Å²) >= 11 is 0. The number of anilines is 1. The van der Waals surface area contributed by atoms with Crippen molar-refractivity contribution in [3.63, 3.8) is 0 Å². The fraction of sp³-hybridized carbons (Fsp3) is 0.800. The molecule has 1 aromatic heterocycles. The predicted octanol–water partition coefficient (Wildman–Crippen LogP) is 1.15. The van der Waals surface area contributed by atoms with Crippen LogP contribution in [0.5, 0.6) is 0 Å². The highest BCUT2D eigenvalue weighted by Crippen LogP contribution is 2.32. The SMILES string of the molecule is CN(C)c1noc(C(C)(C)C(C)(C)N)n1. The van der Waals surface area contributed by atoms with Crippen molar-refractivity contribution in [2.45, 2.75) is 38.6 Å². The third-order valence-corrected chi connectivity index (χ3v) is 2.96. The lowest BCUT2D eigenvalue weighted by atomic mass is 9.75. The zero-order valence-electron chi connectivity index (χ0n) is 10.3. The minimum absolute atomic E-state index is 0.353. The number of rotatable bonds is 3. The average Bonchev–Trinajstić information content (AvgIpc) is 2.49. The van der Waals surface area contributed by atoms with Crippen LogP contribution in [0.15, 0.2) is 4.52 Å². The number of hydrogen-bond acceptors (Lipinski definition) is 5. The lowest BCUT2D eigenvalue weighted by Crippen LogP contribution is -2.50. The van der Waals surface area contributed by atoms with Gasteiger partial charge in [0.2, 0.25) is 5.89 Å². The van der Waals surface area contributed by atoms with E-state index in [1.165, 1.54) is 0 Å². The highest BCUT2D eigenvalue weighted by Gasteiger charge is 2.40. The van der Waals surface area contributed by atoms with E-state index < -0.39 is 5.54 Å². The fourth-order valence-corrected chi connectivity index (χ4v) is 0.927. The zero-order valence-corrected chi connectivity index (χ0v) is 10.3. The van der Waals surface area contributed by atoms with E-state index in [1.54, 1.807) is 4.90 Å². The Morgan fingerprint density at radius 2 is 1.73 bits per heavy atom. The van der Waals surface area contributed by atoms with Crippen LogP contribution in [0, 0.1) is 0 Å². The van der Waals surface area contributed by atoms with Gasteiger partial charge in [0.25, 0.3) is 5.95 Å². The van der Waals surface area contributed by atoms with E-state index in [0.29, 0.717) is 11.8 Å². The molecule has 0 bridgehead atoms. The highest BCUT2D eigenvalue weighted by molar-refractivity contribution is 5.26. The summed E-state index contributed by atoms with van der Waals surface area (Å²) in [4.78, 5) is 6.11. The van der Waals surface area contributed by atoms with Crippen molar-refractivity contribution in [3.05, 3.63) is 5.89 Å². The number of nitrogens with zero attached hydrogens (tertiary/aromatic N) is 3. The summed E-state index contributed by atoms with van der Waals surface area (Å²) in [7, 11) is 3.74. The smallest absolute Gasteiger partial charge is 0.265 e. The van der Waals surface area contributed by atoms with E-state index in [0.717, 1.165) is 0 Å². The van der Waals surface area contributed by atoms with E-state index in [4.69, 9.17) is 10.3 Å². The molecule has 0 atom stereocenters. The fourth-order valence-electron chi connectivity index (χ4n) is 0.927. The lowest BCUT2D eigenvalue weighted by Gasteiger charge is -2.34. The van der Waals surface area contributed by atoms with Gasteiger partial charge in [-0.05, 0) is 32.9 Å². The van der Waals surface area contributed by atoms with Crippen molar-refractivity contribution in [1.29, 1.82) is 0 Å². The van der Waals surface area contributed by atoms with Crippen LogP contribution < -0.4 is 10.6 Å². The third-order valence-electron chi connectivity index (χ3n) is 2.96. The minimum Gasteiger partial charge on any atom is -0.344 e. The number of aromatic nitrogens is 2. The molecule has 0 aliphatic heterocycles. The molecule has 0 fully saturated rings. The second-order valence-corrected chi connectivity index (χ2v) is 5.14. The molecular formula is C10H20N4O. The van der Waals surface area contributed by atoms with Gasteiger partial charge in [-0.1, -0.05) is 0 Å². The van der Waals surface area contributed by atoms with Gasteiger partial charge in [-0.15, -0.1) is 0 Å². The topological polar surface area (TPSA) is 68.2 Å². The molecule has 0 aliphatic carbocycles. The van der Waals surface area contributed by atoms with Crippen LogP contribution in [-0.2, 0) is 5.41 Å². The molecule has 0 amide bonds. The molecule has 0 saturated carbocycles. The summed E-state index contributed by atoms with van der Waals surface area (Å²) in [5, 5.41) is 3.88. The Morgan fingerprint density at radius 1 is 1.20 bits per heavy atom. The standard InChI is InChI=1S/C10H20N4O/c1-9(2,10(3,4)11)7-12-8(13-15-7)14(5)6/h11H2,1-6H3. The molecule has 15 heavy (non-hydrogen) atoms. The van der Waals surface area contributed by atoms with Crippen molar-refractivity contribution in [3.8, 4) is 0 Å². The molecule has 1 aromatic rings. The Kier molecular flexibility index (Phi) is 2.78. The van der Waals surface area contributed by atoms with Crippen molar-refractivity contribution in [2.75, 3.05) is 19.0 Å². The summed E-state index contributed by atoms with van der Waals surface area (Å²) in [5.74, 6) is 1.14. The average molecular weight is 212 g/mol. The first kappa shape index (κ1) is 12.0. The van der Waals surface area contributed by atoms with Crippen molar-refractivity contribution >= 4 is 5.95 Å². The van der Waals surface area contributed by atoms with E-state index in [9.17, 15) is 0 Å². The maximum Gasteiger partial charge on any atom is 0.265 e. The van der Waals surface area contributed by atoms with Crippen molar-refractivity contribution in [1.82, 2.24) is 10.1 Å². The van der Waals surface area contributed by atoms with Crippen molar-refractivity contribution < 1.29 is 4.52 Å². The second kappa shape index (κ2) is 3.48. The van der Waals surface area contributed by atoms with E-state index >= 15 is 0 Å². The molecule has 0 spiro atoms. The van der Waals surface area contributed by atoms with Gasteiger partial charge in [0.15, 0.2) is 0 Å². The van der Waals surface area contributed by atoms with Crippen LogP contribution in [-0.4, -0.2) is 29.8 Å². The Hall–Kier alpha value is -1.10. The van der Waals surface area contributed by atoms with Gasteiger partial charge in [0.1, 0.15) is 0 Å². The van der Waals surface area contributed by atoms with Gasteiger partial charge in [0.05, 0.1) is 5.41 Å². The van der Waals surface area contributed by atoms with Crippen LogP contribution >= 0.6 is 0 Å². The number of hydrogen-bond donors (Lipinski definition) is 1. The normalized spacial score (nSPS) is 13.0. The van der Waals surface area contributed by atoms with Gasteiger partial charge in [-0.3, -0.25) is 0 Å². The molecule has 0 aromatic carbocycles. The molecule has 1 rings (SSSR count). The summed E-state index contributed by atoms with van der Waals surface area (Å²) in [6, 6.07) is 0. The molecular weight excluding hydrogens is 192 g/mol. The first-order chi connectivity index (χ1) is 6.66. The molecule has 0 unspecified atom stereocenters. The first-order valence-electron chi connectivity index (χ1n) is 4.96. The Balaban J connectivity index is 3.06. The maximum atomic E-state index is 6.09. The highest BCUT2D eigenvalue weighted by atomic mass is 16.5. The quantitative estimate of drug-likeness (QED) is 0.814. The number of nitrogens with two attached hydrogens (primary N) is 1. The van der Waals surface area contributed by atoms with Crippen LogP contribution in [0.1, 0.15) is 33.6 Å². The van der Waals surface area contributed by atoms with Gasteiger partial charge in [-0.2, -0.15) is 4.98 Å². The molecule has 5 nitrogen and oxygen atoms in total. The van der Waals surface area contributed by atoms with E-state index in [1.807, 2.05) is 41.8 Å². The Morgan fingerprint density at radius 3 is 2.07 bits per heavy atom. The Labute approximate surface area is 90.6 Å². The molecule has 86 valence electrons. The lowest BCUT2D eigenvalue weighted by molar-refractivity contribution is 0.223. The summed E-state index contributed by atoms with van der Waals surface area (Å²) in [6.07, 6.45) is 0. The minimum atomic E-state index is -0.414. The summed E-state index contributed by atoms with van der Waals surface area (Å²) in [5.41, 5.74) is 5.32. The van der Waals surface area contributed by atoms with Crippen LogP contribution in [0.25, 0.3) is 0 Å². The molecule has 0 aliphatic rings. The van der Waals surface area contributed by atoms with Gasteiger partial charge >= 0.3 is 0 Å². The monoisotopic (exact) mass is 212 g/mol. The molecule has 1 heterocycles. The van der Waals surface area contributed by atoms with E-state index in [2.05, 4.69) is 10.1 Å². The largest absolute Gasteiger partial charge is 0.344 e. The third kappa shape index (κ3) is 2.12. The van der Waals surface area contributed by atoms with Crippen LogP contribution in [0.3, 0.4) is 0 Å². The van der Waals surface area contributed by atoms with E-state index in [-0.39, 0.29) is 5.41 Å². The van der Waals surface area contributed by atoms with Gasteiger partial charge in [-0.25, -0.2) is 0 Å². The summed E-state index contributed by atoms with van der Waals surface area (Å²) < 4.78 is 5.23. The van der Waals surface area contributed by atoms with Crippen LogP contribution in [0.2, 0.25) is 0 Å². The second-order valence-electron chi connectivity index (χ2n) is 5.14. The first-order valence-corrected chi connectivity index (χ1v) is 4.96. The molecule has 0 saturated heterocycles. The summed E-state index contributed by atoms with van der Waals surface area (Å²) in [6.45, 7) is 7.90. The van der Waals surface area contributed by atoms with Crippen LogP contribution in [0.4, 0.5) is 5.95 Å². The van der Waals surface area contributed by atoms with Crippen molar-refractivity contribution in [2.24, 2.45) is 5.73 Å². The van der Waals surface area contributed by atoms with Gasteiger partial charge in [0, 0.05) is 19.6 Å². The molecule has 0 radical (unpaired) electrons. The zero-order chi connectivity index (χ0) is 11.9. The Bertz CT molecular complexity index is 335. The predicted molar refractivity (Wildman–Crippen MR) is 59.9 cm³/mol. The maximum absolute atomic E-state index is 6.09. The van der Waals surface area contributed by atoms with Gasteiger partial charge < -0.3 is 15.2 Å². The molecule has 2 N–H and O–H groups in total. The molecule has 5 heteroatoms.